The Hall–Kier alpha value is -2.42. The summed E-state index contributed by atoms with van der Waals surface area (Å²) in [7, 11) is 0. The quantitative estimate of drug-likeness (QED) is 0.297. The van der Waals surface area contributed by atoms with E-state index >= 15 is 0 Å². The molecule has 0 aliphatic rings. The molecule has 1 N–H and O–H groups in total. The van der Waals surface area contributed by atoms with Crippen molar-refractivity contribution in [1.29, 1.82) is 0 Å². The molecule has 0 unspecified atom stereocenters. The topological polar surface area (TPSA) is 33.6 Å². The van der Waals surface area contributed by atoms with E-state index in [0.29, 0.717) is 5.92 Å². The normalized spacial score (nSPS) is 11.7. The molecule has 0 saturated carbocycles. The van der Waals surface area contributed by atoms with Gasteiger partial charge < -0.3 is 4.74 Å². The summed E-state index contributed by atoms with van der Waals surface area (Å²) in [6.45, 7) is 5.13. The fourth-order valence-corrected chi connectivity index (χ4v) is 5.59. The van der Waals surface area contributed by atoms with Crippen LogP contribution in [0.4, 0.5) is 0 Å². The largest absolute Gasteiger partial charge is 0.494 e. The van der Waals surface area contributed by atoms with E-state index in [1.54, 1.807) is 0 Å². The van der Waals surface area contributed by atoms with Gasteiger partial charge in [-0.3, -0.25) is 5.20 Å². The number of nitrogens with one attached hydrogen (secondary N) is 1. The molecule has 0 fully saturated rings. The van der Waals surface area contributed by atoms with Gasteiger partial charge in [0.05, 0.1) is 12.8 Å². The van der Waals surface area contributed by atoms with Gasteiger partial charge in [-0.05, 0) is 42.2 Å². The van der Waals surface area contributed by atoms with Gasteiger partial charge in [-0.1, -0.05) is 86.3 Å². The summed E-state index contributed by atoms with van der Waals surface area (Å²) in [6, 6.07) is 28.3. The van der Waals surface area contributed by atoms with Crippen molar-refractivity contribution in [1.82, 2.24) is 5.20 Å². The summed E-state index contributed by atoms with van der Waals surface area (Å²) in [5, 5.41) is 9.99. The number of nitrogens with zero attached hydrogens (tertiary/aromatic N) is 1. The van der Waals surface area contributed by atoms with Crippen molar-refractivity contribution in [3.63, 3.8) is 0 Å². The Balaban J connectivity index is 1.71. The maximum atomic E-state index is 6.11. The molecular weight excluding hydrogens is 395 g/mol. The van der Waals surface area contributed by atoms with E-state index in [2.05, 4.69) is 48.4 Å². The minimum Gasteiger partial charge on any atom is -0.494 e. The van der Waals surface area contributed by atoms with Crippen molar-refractivity contribution in [2.24, 2.45) is 11.0 Å². The second-order valence-corrected chi connectivity index (χ2v) is 11.3. The second-order valence-electron chi connectivity index (χ2n) is 7.24. The Labute approximate surface area is 178 Å². The van der Waals surface area contributed by atoms with Crippen molar-refractivity contribution < 1.29 is 4.74 Å². The Morgan fingerprint density at radius 2 is 1.45 bits per heavy atom. The van der Waals surface area contributed by atoms with E-state index in [1.165, 1.54) is 0 Å². The van der Waals surface area contributed by atoms with E-state index < -0.39 is 6.19 Å². The van der Waals surface area contributed by atoms with Crippen LogP contribution in [0.2, 0.25) is 0 Å². The summed E-state index contributed by atoms with van der Waals surface area (Å²) in [6.07, 6.45) is 0.628. The van der Waals surface area contributed by atoms with Crippen LogP contribution in [0.15, 0.2) is 90.0 Å². The number of benzene rings is 3. The number of rotatable bonds is 9. The highest BCUT2D eigenvalue weighted by Crippen LogP contribution is 2.38. The van der Waals surface area contributed by atoms with E-state index in [9.17, 15) is 0 Å². The molecule has 3 aromatic rings. The lowest BCUT2D eigenvalue weighted by atomic mass is 10.1. The van der Waals surface area contributed by atoms with E-state index in [4.69, 9.17) is 16.5 Å². The third-order valence-corrected chi connectivity index (χ3v) is 8.45. The SMILES string of the molecule is CC(C)CCOc1ccc(/C=N\NP(=S)(c2ccccc2)c2ccccc2)cc1. The van der Waals surface area contributed by atoms with Crippen molar-refractivity contribution >= 4 is 34.8 Å². The van der Waals surface area contributed by atoms with Crippen LogP contribution >= 0.6 is 6.19 Å². The van der Waals surface area contributed by atoms with Crippen molar-refractivity contribution in [3.8, 4) is 5.75 Å². The summed E-state index contributed by atoms with van der Waals surface area (Å²) in [5.74, 6) is 1.53. The van der Waals surface area contributed by atoms with E-state index in [0.717, 1.165) is 34.9 Å². The molecule has 5 heteroatoms. The molecule has 0 radical (unpaired) electrons. The highest BCUT2D eigenvalue weighted by molar-refractivity contribution is 8.20. The Kier molecular flexibility index (Phi) is 7.62. The molecule has 3 nitrogen and oxygen atoms in total. The second kappa shape index (κ2) is 10.4. The molecule has 29 heavy (non-hydrogen) atoms. The van der Waals surface area contributed by atoms with Crippen LogP contribution in [-0.4, -0.2) is 12.8 Å². The first kappa shape index (κ1) is 21.3. The molecule has 3 aromatic carbocycles. The number of hydrogen-bond donors (Lipinski definition) is 1. The van der Waals surface area contributed by atoms with Crippen LogP contribution in [0.1, 0.15) is 25.8 Å². The molecular formula is C24H27N2OPS. The van der Waals surface area contributed by atoms with Gasteiger partial charge in [-0.2, -0.15) is 5.10 Å². The van der Waals surface area contributed by atoms with Gasteiger partial charge in [0.1, 0.15) is 11.9 Å². The zero-order valence-corrected chi connectivity index (χ0v) is 18.6. The average Bonchev–Trinajstić information content (AvgIpc) is 2.76. The molecule has 0 spiro atoms. The van der Waals surface area contributed by atoms with Crippen LogP contribution in [0.5, 0.6) is 5.75 Å². The van der Waals surface area contributed by atoms with Crippen LogP contribution in [0, 0.1) is 5.92 Å². The highest BCUT2D eigenvalue weighted by Gasteiger charge is 2.21. The van der Waals surface area contributed by atoms with Gasteiger partial charge in [-0.25, -0.2) is 0 Å². The highest BCUT2D eigenvalue weighted by atomic mass is 32.4. The molecule has 0 aromatic heterocycles. The van der Waals surface area contributed by atoms with Gasteiger partial charge in [0.15, 0.2) is 0 Å². The minimum atomic E-state index is -2.23. The number of hydrazone groups is 1. The maximum absolute atomic E-state index is 6.11. The molecule has 0 aliphatic carbocycles. The Morgan fingerprint density at radius 1 is 0.897 bits per heavy atom. The summed E-state index contributed by atoms with van der Waals surface area (Å²) >= 11 is 6.11. The van der Waals surface area contributed by atoms with Crippen LogP contribution in [0.25, 0.3) is 0 Å². The first-order valence-electron chi connectivity index (χ1n) is 9.82. The summed E-state index contributed by atoms with van der Waals surface area (Å²) < 4.78 is 5.77. The number of ether oxygens (including phenoxy) is 1. The minimum absolute atomic E-state index is 0.642. The fraction of sp³-hybridized carbons (Fsp3) is 0.208. The maximum Gasteiger partial charge on any atom is 0.119 e. The van der Waals surface area contributed by atoms with Crippen LogP contribution in [-0.2, 0) is 11.8 Å². The van der Waals surface area contributed by atoms with E-state index in [-0.39, 0.29) is 0 Å². The first-order valence-corrected chi connectivity index (χ1v) is 12.6. The van der Waals surface area contributed by atoms with E-state index in [1.807, 2.05) is 66.9 Å². The third kappa shape index (κ3) is 6.03. The molecule has 150 valence electrons. The van der Waals surface area contributed by atoms with Gasteiger partial charge >= 0.3 is 0 Å². The van der Waals surface area contributed by atoms with Gasteiger partial charge in [0.2, 0.25) is 0 Å². The standard InChI is InChI=1S/C24H27N2OPS/c1-20(2)17-18-27-22-15-13-21(14-16-22)19-25-26-28(29,23-9-5-3-6-10-23)24-11-7-4-8-12-24/h3-16,19-20H,17-18H2,1-2H3,(H,26,29)/b25-19-. The average molecular weight is 423 g/mol. The monoisotopic (exact) mass is 422 g/mol. The lowest BCUT2D eigenvalue weighted by Crippen LogP contribution is -2.24. The van der Waals surface area contributed by atoms with Crippen molar-refractivity contribution in [3.05, 3.63) is 90.5 Å². The Morgan fingerprint density at radius 3 is 1.97 bits per heavy atom. The predicted molar refractivity (Wildman–Crippen MR) is 129 cm³/mol. The fourth-order valence-electron chi connectivity index (χ4n) is 2.79. The van der Waals surface area contributed by atoms with Gasteiger partial charge in [0, 0.05) is 10.6 Å². The first-order chi connectivity index (χ1) is 14.1. The predicted octanol–water partition coefficient (Wildman–Crippen LogP) is 5.08. The lowest BCUT2D eigenvalue weighted by molar-refractivity contribution is 0.289. The molecule has 3 rings (SSSR count). The van der Waals surface area contributed by atoms with Gasteiger partial charge in [0.25, 0.3) is 0 Å². The van der Waals surface area contributed by atoms with Crippen LogP contribution in [0.3, 0.4) is 0 Å². The molecule has 0 bridgehead atoms. The summed E-state index contributed by atoms with van der Waals surface area (Å²) in [5.41, 5.74) is 0.997. The smallest absolute Gasteiger partial charge is 0.119 e. The third-order valence-electron chi connectivity index (χ3n) is 4.50. The molecule has 0 atom stereocenters. The molecule has 0 saturated heterocycles. The summed E-state index contributed by atoms with van der Waals surface area (Å²) in [4.78, 5) is 0. The zero-order chi connectivity index (χ0) is 20.5. The molecule has 0 amide bonds. The van der Waals surface area contributed by atoms with Crippen molar-refractivity contribution in [2.45, 2.75) is 20.3 Å². The molecule has 0 heterocycles. The number of hydrogen-bond acceptors (Lipinski definition) is 3. The lowest BCUT2D eigenvalue weighted by Gasteiger charge is -2.22. The van der Waals surface area contributed by atoms with Gasteiger partial charge in [-0.15, -0.1) is 0 Å². The zero-order valence-electron chi connectivity index (χ0n) is 16.9. The Bertz CT molecular complexity index is 914. The molecule has 0 aliphatic heterocycles. The van der Waals surface area contributed by atoms with Crippen molar-refractivity contribution in [2.75, 3.05) is 6.61 Å². The van der Waals surface area contributed by atoms with Crippen LogP contribution < -0.4 is 20.5 Å².